The van der Waals surface area contributed by atoms with Gasteiger partial charge in [-0.25, -0.2) is 19.8 Å². The van der Waals surface area contributed by atoms with Crippen molar-refractivity contribution in [1.82, 2.24) is 15.4 Å². The highest BCUT2D eigenvalue weighted by atomic mass is 35.5. The maximum atomic E-state index is 13.5. The van der Waals surface area contributed by atoms with Crippen molar-refractivity contribution >= 4 is 39.9 Å². The number of fused-ring (bicyclic) bond motifs is 1. The molecule has 0 aliphatic rings. The minimum Gasteiger partial charge on any atom is -0.496 e. The zero-order valence-corrected chi connectivity index (χ0v) is 24.2. The fourth-order valence-electron chi connectivity index (χ4n) is 4.64. The van der Waals surface area contributed by atoms with E-state index in [1.54, 1.807) is 36.9 Å². The van der Waals surface area contributed by atoms with Gasteiger partial charge in [-0.2, -0.15) is 0 Å². The monoisotopic (exact) mass is 604 g/mol. The van der Waals surface area contributed by atoms with Crippen LogP contribution >= 0.6 is 11.6 Å². The quantitative estimate of drug-likeness (QED) is 0.0713. The van der Waals surface area contributed by atoms with E-state index in [1.165, 1.54) is 18.5 Å². The molecule has 0 unspecified atom stereocenters. The first kappa shape index (κ1) is 29.8. The number of nitrogens with zero attached hydrogens (tertiary/aromatic N) is 2. The van der Waals surface area contributed by atoms with Gasteiger partial charge in [0.1, 0.15) is 47.6 Å². The number of anilines is 2. The Labute approximate surface area is 252 Å². The molecule has 5 aromatic rings. The molecule has 0 saturated heterocycles. The van der Waals surface area contributed by atoms with Crippen LogP contribution in [0.5, 0.6) is 11.5 Å². The van der Waals surface area contributed by atoms with Crippen LogP contribution in [-0.2, 0) is 17.8 Å². The molecule has 5 rings (SSSR count). The second-order valence-electron chi connectivity index (χ2n) is 9.84. The first-order chi connectivity index (χ1) is 20.9. The lowest BCUT2D eigenvalue weighted by atomic mass is 10.1. The third-order valence-electron chi connectivity index (χ3n) is 6.81. The standard InChI is InChI=1S/C32H30ClFN4O5/c1-41-30-17-27-24(16-25(30)28-13-11-23(43-28)8-3-2-4-9-31(39)38-40)32(36-19-35-27)37-22-10-12-29(26(33)15-22)42-18-20-6-5-7-21(34)14-20/h5-7,10-17,19,40H,2-4,8-9,18H2,1H3,(H,38,39)(H,35,36,37). The lowest BCUT2D eigenvalue weighted by molar-refractivity contribution is -0.129. The van der Waals surface area contributed by atoms with Crippen molar-refractivity contribution in [3.8, 4) is 22.8 Å². The molecule has 43 heavy (non-hydrogen) atoms. The van der Waals surface area contributed by atoms with Gasteiger partial charge in [0.05, 0.1) is 23.2 Å². The second kappa shape index (κ2) is 14.0. The molecule has 1 amide bonds. The largest absolute Gasteiger partial charge is 0.496 e. The molecule has 222 valence electrons. The Morgan fingerprint density at radius 1 is 1.02 bits per heavy atom. The lowest BCUT2D eigenvalue weighted by Crippen LogP contribution is -2.17. The normalized spacial score (nSPS) is 11.0. The molecule has 0 atom stereocenters. The molecule has 0 fully saturated rings. The highest BCUT2D eigenvalue weighted by Gasteiger charge is 2.16. The van der Waals surface area contributed by atoms with E-state index in [2.05, 4.69) is 15.3 Å². The van der Waals surface area contributed by atoms with Crippen LogP contribution in [-0.4, -0.2) is 28.2 Å². The number of rotatable bonds is 13. The third-order valence-corrected chi connectivity index (χ3v) is 7.11. The first-order valence-electron chi connectivity index (χ1n) is 13.7. The van der Waals surface area contributed by atoms with Gasteiger partial charge in [-0.1, -0.05) is 30.2 Å². The van der Waals surface area contributed by atoms with Crippen LogP contribution in [0.4, 0.5) is 15.9 Å². The highest BCUT2D eigenvalue weighted by molar-refractivity contribution is 6.32. The molecule has 0 bridgehead atoms. The average molecular weight is 605 g/mol. The molecular weight excluding hydrogens is 575 g/mol. The Morgan fingerprint density at radius 3 is 2.70 bits per heavy atom. The van der Waals surface area contributed by atoms with Gasteiger partial charge in [0.25, 0.3) is 0 Å². The zero-order valence-electron chi connectivity index (χ0n) is 23.4. The summed E-state index contributed by atoms with van der Waals surface area (Å²) >= 11 is 6.50. The van der Waals surface area contributed by atoms with Crippen molar-refractivity contribution in [2.75, 3.05) is 12.4 Å². The van der Waals surface area contributed by atoms with Gasteiger partial charge < -0.3 is 19.2 Å². The van der Waals surface area contributed by atoms with E-state index in [9.17, 15) is 9.18 Å². The Balaban J connectivity index is 1.31. The molecule has 2 heterocycles. The number of hydrogen-bond acceptors (Lipinski definition) is 8. The predicted molar refractivity (Wildman–Crippen MR) is 161 cm³/mol. The number of aryl methyl sites for hydroxylation is 1. The number of halogens is 2. The van der Waals surface area contributed by atoms with E-state index in [0.29, 0.717) is 51.3 Å². The highest BCUT2D eigenvalue weighted by Crippen LogP contribution is 2.38. The summed E-state index contributed by atoms with van der Waals surface area (Å²) in [6, 6.07) is 19.1. The van der Waals surface area contributed by atoms with Gasteiger partial charge in [0, 0.05) is 30.0 Å². The molecule has 9 nitrogen and oxygen atoms in total. The number of amides is 1. The van der Waals surface area contributed by atoms with Crippen molar-refractivity contribution in [1.29, 1.82) is 0 Å². The van der Waals surface area contributed by atoms with Gasteiger partial charge >= 0.3 is 0 Å². The molecule has 3 aromatic carbocycles. The van der Waals surface area contributed by atoms with Crippen molar-refractivity contribution in [2.45, 2.75) is 38.7 Å². The van der Waals surface area contributed by atoms with Gasteiger partial charge in [-0.15, -0.1) is 0 Å². The molecule has 0 spiro atoms. The number of hydrogen-bond donors (Lipinski definition) is 3. The van der Waals surface area contributed by atoms with Crippen LogP contribution < -0.4 is 20.3 Å². The van der Waals surface area contributed by atoms with E-state index >= 15 is 0 Å². The predicted octanol–water partition coefficient (Wildman–Crippen LogP) is 7.62. The average Bonchev–Trinajstić information content (AvgIpc) is 3.48. The number of aromatic nitrogens is 2. The first-order valence-corrected chi connectivity index (χ1v) is 14.1. The summed E-state index contributed by atoms with van der Waals surface area (Å²) < 4.78 is 31.1. The summed E-state index contributed by atoms with van der Waals surface area (Å²) in [5.74, 6) is 2.41. The van der Waals surface area contributed by atoms with Crippen molar-refractivity contribution in [3.63, 3.8) is 0 Å². The number of ether oxygens (including phenoxy) is 2. The minimum absolute atomic E-state index is 0.184. The fraction of sp³-hybridized carbons (Fsp3) is 0.219. The van der Waals surface area contributed by atoms with Gasteiger partial charge in [0.2, 0.25) is 5.91 Å². The van der Waals surface area contributed by atoms with Gasteiger partial charge in [0.15, 0.2) is 0 Å². The topological polar surface area (TPSA) is 119 Å². The molecule has 3 N–H and O–H groups in total. The smallest absolute Gasteiger partial charge is 0.243 e. The van der Waals surface area contributed by atoms with Crippen LogP contribution in [0.25, 0.3) is 22.2 Å². The molecule has 0 saturated carbocycles. The molecule has 11 heteroatoms. The van der Waals surface area contributed by atoms with Crippen LogP contribution in [0.1, 0.15) is 37.0 Å². The van der Waals surface area contributed by atoms with E-state index in [4.69, 9.17) is 30.7 Å². The Bertz CT molecular complexity index is 1730. The summed E-state index contributed by atoms with van der Waals surface area (Å²) in [5.41, 5.74) is 4.47. The Hall–Kier alpha value is -4.67. The lowest BCUT2D eigenvalue weighted by Gasteiger charge is -2.13. The number of furan rings is 1. The second-order valence-corrected chi connectivity index (χ2v) is 10.2. The van der Waals surface area contributed by atoms with Crippen molar-refractivity contribution in [3.05, 3.63) is 95.2 Å². The summed E-state index contributed by atoms with van der Waals surface area (Å²) in [5, 5.41) is 13.1. The number of unbranched alkanes of at least 4 members (excludes halogenated alkanes) is 2. The maximum Gasteiger partial charge on any atom is 0.243 e. The molecule has 0 radical (unpaired) electrons. The van der Waals surface area contributed by atoms with E-state index in [0.717, 1.165) is 36.0 Å². The number of carbonyl (C=O) groups is 1. The summed E-state index contributed by atoms with van der Waals surface area (Å²) in [7, 11) is 1.59. The van der Waals surface area contributed by atoms with Crippen molar-refractivity contribution in [2.24, 2.45) is 0 Å². The van der Waals surface area contributed by atoms with E-state index < -0.39 is 0 Å². The van der Waals surface area contributed by atoms with Crippen LogP contribution in [0.3, 0.4) is 0 Å². The summed E-state index contributed by atoms with van der Waals surface area (Å²) in [4.78, 5) is 20.0. The number of benzene rings is 3. The molecule has 0 aliphatic heterocycles. The summed E-state index contributed by atoms with van der Waals surface area (Å²) in [6.45, 7) is 0.184. The van der Waals surface area contributed by atoms with Gasteiger partial charge in [-0.05, 0) is 66.9 Å². The number of hydroxylamine groups is 1. The Kier molecular flexibility index (Phi) is 9.70. The van der Waals surface area contributed by atoms with Crippen molar-refractivity contribution < 1.29 is 28.3 Å². The number of carbonyl (C=O) groups excluding carboxylic acids is 1. The van der Waals surface area contributed by atoms with Gasteiger partial charge in [-0.3, -0.25) is 10.0 Å². The SMILES string of the molecule is COc1cc2ncnc(Nc3ccc(OCc4cccc(F)c4)c(Cl)c3)c2cc1-c1ccc(CCCCCC(=O)NO)o1. The van der Waals surface area contributed by atoms with E-state index in [1.807, 2.05) is 30.3 Å². The van der Waals surface area contributed by atoms with Crippen LogP contribution in [0.2, 0.25) is 5.02 Å². The molecule has 2 aromatic heterocycles. The minimum atomic E-state index is -0.381. The third kappa shape index (κ3) is 7.59. The Morgan fingerprint density at radius 2 is 1.91 bits per heavy atom. The van der Waals surface area contributed by atoms with Crippen LogP contribution in [0.15, 0.2) is 77.5 Å². The molecule has 0 aliphatic carbocycles. The number of methoxy groups -OCH3 is 1. The van der Waals surface area contributed by atoms with E-state index in [-0.39, 0.29) is 24.8 Å². The number of nitrogens with one attached hydrogen (secondary N) is 2. The zero-order chi connectivity index (χ0) is 30.2. The molecular formula is C32H30ClFN4O5. The van der Waals surface area contributed by atoms with Crippen LogP contribution in [0, 0.1) is 5.82 Å². The maximum absolute atomic E-state index is 13.5. The fourth-order valence-corrected chi connectivity index (χ4v) is 4.87. The summed E-state index contributed by atoms with van der Waals surface area (Å²) in [6.07, 6.45) is 4.84.